The van der Waals surface area contributed by atoms with Gasteiger partial charge in [0.2, 0.25) is 0 Å². The maximum Gasteiger partial charge on any atom is 0.119 e. The molecule has 1 saturated heterocycles. The minimum Gasteiger partial charge on any atom is -0.497 e. The van der Waals surface area contributed by atoms with Crippen molar-refractivity contribution in [3.8, 4) is 5.75 Å². The van der Waals surface area contributed by atoms with Gasteiger partial charge in [-0.3, -0.25) is 4.90 Å². The predicted molar refractivity (Wildman–Crippen MR) is 86.2 cm³/mol. The third kappa shape index (κ3) is 3.52. The van der Waals surface area contributed by atoms with Gasteiger partial charge in [-0.05, 0) is 30.3 Å². The van der Waals surface area contributed by atoms with E-state index >= 15 is 0 Å². The normalized spacial score (nSPS) is 19.0. The molecule has 0 bridgehead atoms. The zero-order valence-electron chi connectivity index (χ0n) is 12.3. The Morgan fingerprint density at radius 3 is 2.55 bits per heavy atom. The Balaban J connectivity index is 2.16. The highest BCUT2D eigenvalue weighted by molar-refractivity contribution is 9.10. The molecule has 0 saturated carbocycles. The molecule has 1 aliphatic rings. The first kappa shape index (κ1) is 15.8. The highest BCUT2D eigenvalue weighted by atomic mass is 79.9. The highest BCUT2D eigenvalue weighted by Crippen LogP contribution is 2.31. The van der Waals surface area contributed by atoms with Crippen molar-refractivity contribution in [2.75, 3.05) is 46.4 Å². The molecule has 1 fully saturated rings. The summed E-state index contributed by atoms with van der Waals surface area (Å²) in [5.41, 5.74) is 7.27. The largest absolute Gasteiger partial charge is 0.497 e. The Kier molecular flexibility index (Phi) is 5.84. The molecule has 5 heteroatoms. The number of benzene rings is 1. The molecule has 0 amide bonds. The van der Waals surface area contributed by atoms with Gasteiger partial charge in [-0.25, -0.2) is 0 Å². The molecule has 2 N–H and O–H groups in total. The van der Waals surface area contributed by atoms with Crippen molar-refractivity contribution in [3.05, 3.63) is 28.2 Å². The summed E-state index contributed by atoms with van der Waals surface area (Å²) < 4.78 is 6.44. The molecule has 0 aromatic heterocycles. The molecular weight excluding hydrogens is 318 g/mol. The van der Waals surface area contributed by atoms with E-state index in [4.69, 9.17) is 10.5 Å². The first-order valence-electron chi connectivity index (χ1n) is 7.19. The van der Waals surface area contributed by atoms with Gasteiger partial charge in [-0.1, -0.05) is 22.9 Å². The summed E-state index contributed by atoms with van der Waals surface area (Å²) in [5.74, 6) is 0.883. The van der Waals surface area contributed by atoms with E-state index in [2.05, 4.69) is 38.7 Å². The maximum absolute atomic E-state index is 6.05. The summed E-state index contributed by atoms with van der Waals surface area (Å²) >= 11 is 3.65. The van der Waals surface area contributed by atoms with Gasteiger partial charge in [0.1, 0.15) is 5.75 Å². The molecule has 0 spiro atoms. The van der Waals surface area contributed by atoms with Crippen LogP contribution in [0.4, 0.5) is 0 Å². The van der Waals surface area contributed by atoms with Gasteiger partial charge < -0.3 is 15.4 Å². The third-order valence-electron chi connectivity index (χ3n) is 4.08. The van der Waals surface area contributed by atoms with Crippen molar-refractivity contribution in [1.29, 1.82) is 0 Å². The average molecular weight is 342 g/mol. The van der Waals surface area contributed by atoms with Crippen LogP contribution in [0.15, 0.2) is 22.7 Å². The molecule has 1 unspecified atom stereocenters. The molecule has 4 nitrogen and oxygen atoms in total. The highest BCUT2D eigenvalue weighted by Gasteiger charge is 2.25. The van der Waals surface area contributed by atoms with Crippen LogP contribution < -0.4 is 10.5 Å². The van der Waals surface area contributed by atoms with Gasteiger partial charge in [0, 0.05) is 43.2 Å². The molecule has 112 valence electrons. The standard InChI is InChI=1S/C15H24BrN3O/c1-3-18-6-8-19(9-7-18)15(11-17)13-10-12(20-2)4-5-14(13)16/h4-5,10,15H,3,6-9,11,17H2,1-2H3. The number of methoxy groups -OCH3 is 1. The van der Waals surface area contributed by atoms with Gasteiger partial charge >= 0.3 is 0 Å². The summed E-state index contributed by atoms with van der Waals surface area (Å²) in [7, 11) is 1.70. The molecule has 1 aromatic rings. The van der Waals surface area contributed by atoms with Crippen LogP contribution in [-0.4, -0.2) is 56.2 Å². The van der Waals surface area contributed by atoms with E-state index in [-0.39, 0.29) is 6.04 Å². The second kappa shape index (κ2) is 7.41. The quantitative estimate of drug-likeness (QED) is 0.890. The smallest absolute Gasteiger partial charge is 0.119 e. The van der Waals surface area contributed by atoms with E-state index in [0.29, 0.717) is 6.54 Å². The lowest BCUT2D eigenvalue weighted by Gasteiger charge is -2.39. The topological polar surface area (TPSA) is 41.7 Å². The molecule has 1 heterocycles. The van der Waals surface area contributed by atoms with Gasteiger partial charge in [-0.2, -0.15) is 0 Å². The van der Waals surface area contributed by atoms with E-state index in [1.807, 2.05) is 12.1 Å². The number of piperazine rings is 1. The van der Waals surface area contributed by atoms with E-state index < -0.39 is 0 Å². The molecule has 0 aliphatic carbocycles. The fraction of sp³-hybridized carbons (Fsp3) is 0.600. The molecule has 2 rings (SSSR count). The summed E-state index contributed by atoms with van der Waals surface area (Å²) in [5, 5.41) is 0. The van der Waals surface area contributed by atoms with E-state index in [1.165, 1.54) is 5.56 Å². The first-order valence-corrected chi connectivity index (χ1v) is 7.98. The van der Waals surface area contributed by atoms with Crippen molar-refractivity contribution in [2.24, 2.45) is 5.73 Å². The van der Waals surface area contributed by atoms with Crippen molar-refractivity contribution in [2.45, 2.75) is 13.0 Å². The minimum atomic E-state index is 0.249. The van der Waals surface area contributed by atoms with E-state index in [1.54, 1.807) is 7.11 Å². The number of nitrogens with two attached hydrogens (primary N) is 1. The Bertz CT molecular complexity index is 433. The number of halogens is 1. The Morgan fingerprint density at radius 1 is 1.30 bits per heavy atom. The minimum absolute atomic E-state index is 0.249. The number of rotatable bonds is 5. The maximum atomic E-state index is 6.05. The van der Waals surface area contributed by atoms with Gasteiger partial charge in [-0.15, -0.1) is 0 Å². The SMILES string of the molecule is CCN1CCN(C(CN)c2cc(OC)ccc2Br)CC1. The van der Waals surface area contributed by atoms with Gasteiger partial charge in [0.25, 0.3) is 0 Å². The summed E-state index contributed by atoms with van der Waals surface area (Å²) in [6.45, 7) is 8.35. The van der Waals surface area contributed by atoms with E-state index in [9.17, 15) is 0 Å². The fourth-order valence-electron chi connectivity index (χ4n) is 2.77. The van der Waals surface area contributed by atoms with Crippen LogP contribution >= 0.6 is 15.9 Å². The van der Waals surface area contributed by atoms with Gasteiger partial charge in [0.05, 0.1) is 7.11 Å². The fourth-order valence-corrected chi connectivity index (χ4v) is 3.28. The second-order valence-corrected chi connectivity index (χ2v) is 5.96. The molecular formula is C15H24BrN3O. The van der Waals surface area contributed by atoms with Crippen LogP contribution in [0.1, 0.15) is 18.5 Å². The monoisotopic (exact) mass is 341 g/mol. The average Bonchev–Trinajstić information content (AvgIpc) is 2.50. The number of nitrogens with zero attached hydrogens (tertiary/aromatic N) is 2. The number of hydrogen-bond donors (Lipinski definition) is 1. The van der Waals surface area contributed by atoms with Crippen molar-refractivity contribution in [3.63, 3.8) is 0 Å². The van der Waals surface area contributed by atoms with E-state index in [0.717, 1.165) is 42.9 Å². The second-order valence-electron chi connectivity index (χ2n) is 5.11. The van der Waals surface area contributed by atoms with Crippen molar-refractivity contribution >= 4 is 15.9 Å². The summed E-state index contributed by atoms with van der Waals surface area (Å²) in [6, 6.07) is 6.35. The Labute approximate surface area is 130 Å². The zero-order chi connectivity index (χ0) is 14.5. The van der Waals surface area contributed by atoms with Crippen LogP contribution in [0, 0.1) is 0 Å². The lowest BCUT2D eigenvalue weighted by molar-refractivity contribution is 0.102. The van der Waals surface area contributed by atoms with Crippen LogP contribution in [0.5, 0.6) is 5.75 Å². The predicted octanol–water partition coefficient (Wildman–Crippen LogP) is 2.09. The number of likely N-dealkylation sites (N-methyl/N-ethyl adjacent to an activating group) is 1. The molecule has 0 radical (unpaired) electrons. The molecule has 1 atom stereocenters. The lowest BCUT2D eigenvalue weighted by atomic mass is 10.0. The molecule has 1 aromatic carbocycles. The zero-order valence-corrected chi connectivity index (χ0v) is 13.9. The van der Waals surface area contributed by atoms with Crippen LogP contribution in [0.3, 0.4) is 0 Å². The summed E-state index contributed by atoms with van der Waals surface area (Å²) in [4.78, 5) is 4.95. The lowest BCUT2D eigenvalue weighted by Crippen LogP contribution is -2.48. The number of hydrogen-bond acceptors (Lipinski definition) is 4. The Hall–Kier alpha value is -0.620. The first-order chi connectivity index (χ1) is 9.69. The van der Waals surface area contributed by atoms with Crippen LogP contribution in [-0.2, 0) is 0 Å². The number of ether oxygens (including phenoxy) is 1. The Morgan fingerprint density at radius 2 is 2.00 bits per heavy atom. The summed E-state index contributed by atoms with van der Waals surface area (Å²) in [6.07, 6.45) is 0. The van der Waals surface area contributed by atoms with Crippen molar-refractivity contribution < 1.29 is 4.74 Å². The molecule has 1 aliphatic heterocycles. The third-order valence-corrected chi connectivity index (χ3v) is 4.80. The van der Waals surface area contributed by atoms with Crippen LogP contribution in [0.25, 0.3) is 0 Å². The molecule has 20 heavy (non-hydrogen) atoms. The van der Waals surface area contributed by atoms with Crippen LogP contribution in [0.2, 0.25) is 0 Å². The van der Waals surface area contributed by atoms with Crippen molar-refractivity contribution in [1.82, 2.24) is 9.80 Å². The van der Waals surface area contributed by atoms with Gasteiger partial charge in [0.15, 0.2) is 0 Å².